The van der Waals surface area contributed by atoms with Crippen molar-refractivity contribution >= 4 is 17.5 Å². The lowest BCUT2D eigenvalue weighted by atomic mass is 10.2. The van der Waals surface area contributed by atoms with E-state index in [1.807, 2.05) is 13.8 Å². The average Bonchev–Trinajstić information content (AvgIpc) is 2.29. The maximum Gasteiger partial charge on any atom is 0.274 e. The van der Waals surface area contributed by atoms with Gasteiger partial charge in [-0.3, -0.25) is 9.59 Å². The number of halogens is 1. The van der Waals surface area contributed by atoms with Gasteiger partial charge in [-0.15, -0.1) is 11.6 Å². The Balaban J connectivity index is 2.83. The van der Waals surface area contributed by atoms with Crippen LogP contribution in [0.1, 0.15) is 30.8 Å². The number of hydrogen-bond acceptors (Lipinski definition) is 3. The van der Waals surface area contributed by atoms with E-state index in [9.17, 15) is 9.59 Å². The summed E-state index contributed by atoms with van der Waals surface area (Å²) in [7, 11) is 0. The number of H-pyrrole nitrogens is 1. The monoisotopic (exact) mass is 257 g/mol. The summed E-state index contributed by atoms with van der Waals surface area (Å²) >= 11 is 5.62. The van der Waals surface area contributed by atoms with Gasteiger partial charge in [-0.05, 0) is 26.3 Å². The fourth-order valence-electron chi connectivity index (χ4n) is 1.44. The smallest absolute Gasteiger partial charge is 0.274 e. The van der Waals surface area contributed by atoms with Crippen LogP contribution in [0.15, 0.2) is 16.9 Å². The van der Waals surface area contributed by atoms with Gasteiger partial charge in [-0.25, -0.2) is 5.10 Å². The Labute approximate surface area is 105 Å². The number of nitrogens with zero attached hydrogens (tertiary/aromatic N) is 2. The van der Waals surface area contributed by atoms with Crippen LogP contribution >= 0.6 is 11.6 Å². The van der Waals surface area contributed by atoms with E-state index in [1.165, 1.54) is 12.1 Å². The Hall–Kier alpha value is -1.36. The largest absolute Gasteiger partial charge is 0.335 e. The van der Waals surface area contributed by atoms with Crippen molar-refractivity contribution < 1.29 is 4.79 Å². The minimum atomic E-state index is -0.321. The van der Waals surface area contributed by atoms with E-state index in [-0.39, 0.29) is 23.2 Å². The van der Waals surface area contributed by atoms with E-state index in [2.05, 4.69) is 10.2 Å². The van der Waals surface area contributed by atoms with Crippen LogP contribution in [0, 0.1) is 0 Å². The molecule has 0 saturated heterocycles. The summed E-state index contributed by atoms with van der Waals surface area (Å²) in [6.07, 6.45) is 0.731. The number of hydrogen-bond donors (Lipinski definition) is 1. The van der Waals surface area contributed by atoms with Crippen molar-refractivity contribution in [2.75, 3.05) is 12.4 Å². The highest BCUT2D eigenvalue weighted by Crippen LogP contribution is 2.06. The first kappa shape index (κ1) is 13.7. The van der Waals surface area contributed by atoms with Gasteiger partial charge in [0, 0.05) is 24.5 Å². The third kappa shape index (κ3) is 3.85. The second-order valence-electron chi connectivity index (χ2n) is 3.94. The Morgan fingerprint density at radius 3 is 2.71 bits per heavy atom. The lowest BCUT2D eigenvalue weighted by molar-refractivity contribution is 0.0699. The van der Waals surface area contributed by atoms with Crippen molar-refractivity contribution in [3.63, 3.8) is 0 Å². The van der Waals surface area contributed by atoms with Crippen LogP contribution in [0.5, 0.6) is 0 Å². The predicted molar refractivity (Wildman–Crippen MR) is 66.4 cm³/mol. The first-order chi connectivity index (χ1) is 8.06. The Kier molecular flexibility index (Phi) is 5.15. The molecule has 1 aromatic heterocycles. The number of rotatable bonds is 5. The SMILES string of the molecule is CC(C)N(CCCCl)C(=O)c1ccc(=O)[nH]n1. The third-order valence-electron chi connectivity index (χ3n) is 2.32. The van der Waals surface area contributed by atoms with E-state index in [0.29, 0.717) is 12.4 Å². The predicted octanol–water partition coefficient (Wildman–Crippen LogP) is 1.25. The van der Waals surface area contributed by atoms with Crippen molar-refractivity contribution in [2.24, 2.45) is 0 Å². The first-order valence-corrected chi connectivity index (χ1v) is 6.02. The highest BCUT2D eigenvalue weighted by molar-refractivity contribution is 6.17. The minimum absolute atomic E-state index is 0.0689. The van der Waals surface area contributed by atoms with Crippen LogP contribution in [0.4, 0.5) is 0 Å². The third-order valence-corrected chi connectivity index (χ3v) is 2.58. The Morgan fingerprint density at radius 1 is 1.53 bits per heavy atom. The van der Waals surface area contributed by atoms with Crippen LogP contribution in [0.2, 0.25) is 0 Å². The molecule has 0 unspecified atom stereocenters. The summed E-state index contributed by atoms with van der Waals surface area (Å²) < 4.78 is 0. The fourth-order valence-corrected chi connectivity index (χ4v) is 1.55. The van der Waals surface area contributed by atoms with Gasteiger partial charge in [0.15, 0.2) is 0 Å². The molecule has 5 nitrogen and oxygen atoms in total. The van der Waals surface area contributed by atoms with Gasteiger partial charge in [-0.2, -0.15) is 5.10 Å². The number of carbonyl (C=O) groups excluding carboxylic acids is 1. The molecule has 0 bridgehead atoms. The Bertz CT molecular complexity index is 410. The number of alkyl halides is 1. The van der Waals surface area contributed by atoms with E-state index in [1.54, 1.807) is 4.90 Å². The zero-order valence-electron chi connectivity index (χ0n) is 9.94. The molecule has 1 aromatic rings. The van der Waals surface area contributed by atoms with Crippen LogP contribution in [0.25, 0.3) is 0 Å². The number of nitrogens with one attached hydrogen (secondary N) is 1. The molecule has 1 rings (SSSR count). The molecule has 0 aliphatic carbocycles. The summed E-state index contributed by atoms with van der Waals surface area (Å²) in [6.45, 7) is 4.44. The standard InChI is InChI=1S/C11H16ClN3O2/c1-8(2)15(7-3-6-12)11(17)9-4-5-10(16)14-13-9/h4-5,8H,3,6-7H2,1-2H3,(H,14,16). The minimum Gasteiger partial charge on any atom is -0.335 e. The molecule has 1 heterocycles. The topological polar surface area (TPSA) is 66.1 Å². The number of carbonyl (C=O) groups is 1. The average molecular weight is 258 g/mol. The summed E-state index contributed by atoms with van der Waals surface area (Å²) in [5.74, 6) is 0.316. The van der Waals surface area contributed by atoms with Crippen LogP contribution in [-0.4, -0.2) is 39.5 Å². The summed E-state index contributed by atoms with van der Waals surface area (Å²) in [5.41, 5.74) is -0.0775. The van der Waals surface area contributed by atoms with Gasteiger partial charge in [0.2, 0.25) is 0 Å². The molecule has 1 amide bonds. The highest BCUT2D eigenvalue weighted by Gasteiger charge is 2.19. The molecule has 0 aliphatic heterocycles. The van der Waals surface area contributed by atoms with Crippen molar-refractivity contribution in [1.29, 1.82) is 0 Å². The van der Waals surface area contributed by atoms with Gasteiger partial charge in [0.1, 0.15) is 5.69 Å². The maximum absolute atomic E-state index is 12.1. The van der Waals surface area contributed by atoms with Crippen LogP contribution in [0.3, 0.4) is 0 Å². The molecule has 6 heteroatoms. The second-order valence-corrected chi connectivity index (χ2v) is 4.32. The fraction of sp³-hybridized carbons (Fsp3) is 0.545. The summed E-state index contributed by atoms with van der Waals surface area (Å²) in [4.78, 5) is 24.6. The van der Waals surface area contributed by atoms with Crippen molar-refractivity contribution in [3.05, 3.63) is 28.2 Å². The lowest BCUT2D eigenvalue weighted by Crippen LogP contribution is -2.38. The molecule has 0 aliphatic rings. The van der Waals surface area contributed by atoms with Gasteiger partial charge in [0.25, 0.3) is 11.5 Å². The van der Waals surface area contributed by atoms with Gasteiger partial charge < -0.3 is 4.90 Å². The molecule has 17 heavy (non-hydrogen) atoms. The zero-order chi connectivity index (χ0) is 12.8. The molecule has 0 saturated carbocycles. The van der Waals surface area contributed by atoms with Gasteiger partial charge >= 0.3 is 0 Å². The van der Waals surface area contributed by atoms with Crippen molar-refractivity contribution in [3.8, 4) is 0 Å². The molecular weight excluding hydrogens is 242 g/mol. The van der Waals surface area contributed by atoms with Crippen molar-refractivity contribution in [1.82, 2.24) is 15.1 Å². The second kappa shape index (κ2) is 6.39. The van der Waals surface area contributed by atoms with E-state index < -0.39 is 0 Å². The summed E-state index contributed by atoms with van der Waals surface area (Å²) in [5, 5.41) is 5.98. The number of aromatic amines is 1. The summed E-state index contributed by atoms with van der Waals surface area (Å²) in [6, 6.07) is 2.79. The lowest BCUT2D eigenvalue weighted by Gasteiger charge is -2.25. The quantitative estimate of drug-likeness (QED) is 0.808. The number of amides is 1. The van der Waals surface area contributed by atoms with Crippen LogP contribution < -0.4 is 5.56 Å². The van der Waals surface area contributed by atoms with Crippen LogP contribution in [-0.2, 0) is 0 Å². The molecule has 1 N–H and O–H groups in total. The molecule has 0 spiro atoms. The number of aromatic nitrogens is 2. The van der Waals surface area contributed by atoms with Gasteiger partial charge in [0.05, 0.1) is 0 Å². The highest BCUT2D eigenvalue weighted by atomic mass is 35.5. The Morgan fingerprint density at radius 2 is 2.24 bits per heavy atom. The molecule has 94 valence electrons. The van der Waals surface area contributed by atoms with E-state index in [0.717, 1.165) is 6.42 Å². The van der Waals surface area contributed by atoms with E-state index in [4.69, 9.17) is 11.6 Å². The zero-order valence-corrected chi connectivity index (χ0v) is 10.7. The normalized spacial score (nSPS) is 10.6. The van der Waals surface area contributed by atoms with Crippen molar-refractivity contribution in [2.45, 2.75) is 26.3 Å². The first-order valence-electron chi connectivity index (χ1n) is 5.49. The molecule has 0 aromatic carbocycles. The molecule has 0 radical (unpaired) electrons. The molecular formula is C11H16ClN3O2. The molecule has 0 fully saturated rings. The molecule has 0 atom stereocenters. The maximum atomic E-state index is 12.1. The van der Waals surface area contributed by atoms with Gasteiger partial charge in [-0.1, -0.05) is 0 Å². The van der Waals surface area contributed by atoms with E-state index >= 15 is 0 Å².